The third-order valence-electron chi connectivity index (χ3n) is 6.37. The van der Waals surface area contributed by atoms with Gasteiger partial charge < -0.3 is 9.79 Å². The quantitative estimate of drug-likeness (QED) is 0.201. The van der Waals surface area contributed by atoms with Crippen molar-refractivity contribution in [3.05, 3.63) is 71.9 Å². The number of alkyl halides is 4. The summed E-state index contributed by atoms with van der Waals surface area (Å²) in [5, 5.41) is 0. The van der Waals surface area contributed by atoms with E-state index in [-0.39, 0.29) is 16.8 Å². The van der Waals surface area contributed by atoms with E-state index in [9.17, 15) is 44.7 Å². The Hall–Kier alpha value is -2.99. The Labute approximate surface area is 235 Å². The van der Waals surface area contributed by atoms with E-state index >= 15 is 4.39 Å². The fourth-order valence-electron chi connectivity index (χ4n) is 4.32. The molecule has 3 aromatic rings. The molecule has 1 saturated heterocycles. The SMILES string of the molecule is C[C@H]1[C@H](F)C[C@@H](N(COP(=O)(O)O)Cc2cc(-c3cnc(C(F)(F)F)nc3)ncc2F)N1S(=O)(=O)c1ccc(F)cc1. The van der Waals surface area contributed by atoms with Crippen LogP contribution in [0.25, 0.3) is 11.3 Å². The van der Waals surface area contributed by atoms with Gasteiger partial charge in [0.05, 0.1) is 29.0 Å². The summed E-state index contributed by atoms with van der Waals surface area (Å²) in [5.74, 6) is -3.14. The molecule has 19 heteroatoms. The fraction of sp³-hybridized carbons (Fsp3) is 0.348. The van der Waals surface area contributed by atoms with E-state index in [1.54, 1.807) is 0 Å². The lowest BCUT2D eigenvalue weighted by Crippen LogP contribution is -2.50. The van der Waals surface area contributed by atoms with E-state index in [1.807, 2.05) is 0 Å². The van der Waals surface area contributed by atoms with Gasteiger partial charge >= 0.3 is 14.0 Å². The summed E-state index contributed by atoms with van der Waals surface area (Å²) in [5.41, 5.74) is -0.390. The minimum absolute atomic E-state index is 0.0407. The average molecular weight is 641 g/mol. The monoisotopic (exact) mass is 641 g/mol. The zero-order valence-corrected chi connectivity index (χ0v) is 23.1. The van der Waals surface area contributed by atoms with Crippen LogP contribution in [0.2, 0.25) is 0 Å². The first-order chi connectivity index (χ1) is 19.5. The van der Waals surface area contributed by atoms with Crippen LogP contribution >= 0.6 is 7.82 Å². The predicted molar refractivity (Wildman–Crippen MR) is 132 cm³/mol. The standard InChI is InChI=1S/C23H22F6N5O6PS/c1-13-18(25)7-21(34(13)42(38,39)17-4-2-16(24)3-5-17)33(12-40-41(35,36)37)11-14-6-20(30-10-19(14)26)15-8-31-22(32-9-15)23(27,28)29/h2-6,8-10,13,18,21H,7,11-12H2,1H3,(H2,35,36,37)/t13-,18+,21-/m0/s1. The van der Waals surface area contributed by atoms with E-state index in [2.05, 4.69) is 19.5 Å². The van der Waals surface area contributed by atoms with Crippen molar-refractivity contribution in [1.29, 1.82) is 0 Å². The Morgan fingerprint density at radius 3 is 2.29 bits per heavy atom. The molecule has 1 aliphatic heterocycles. The Kier molecular flexibility index (Phi) is 9.09. The number of hydrogen-bond acceptors (Lipinski definition) is 8. The Morgan fingerprint density at radius 1 is 1.10 bits per heavy atom. The summed E-state index contributed by atoms with van der Waals surface area (Å²) in [7, 11) is -9.70. The topological polar surface area (TPSA) is 146 Å². The lowest BCUT2D eigenvalue weighted by atomic mass is 10.1. The van der Waals surface area contributed by atoms with E-state index < -0.39 is 84.5 Å². The highest BCUT2D eigenvalue weighted by atomic mass is 32.2. The van der Waals surface area contributed by atoms with Crippen LogP contribution in [0.5, 0.6) is 0 Å². The van der Waals surface area contributed by atoms with Crippen molar-refractivity contribution in [2.24, 2.45) is 0 Å². The summed E-state index contributed by atoms with van der Waals surface area (Å²) in [6.45, 7) is -0.365. The number of sulfonamides is 1. The van der Waals surface area contributed by atoms with Gasteiger partial charge in [0.1, 0.15) is 24.5 Å². The van der Waals surface area contributed by atoms with Gasteiger partial charge in [0.2, 0.25) is 15.8 Å². The van der Waals surface area contributed by atoms with Crippen LogP contribution in [-0.4, -0.2) is 67.5 Å². The summed E-state index contributed by atoms with van der Waals surface area (Å²) in [4.78, 5) is 29.4. The van der Waals surface area contributed by atoms with E-state index in [0.717, 1.165) is 51.9 Å². The summed E-state index contributed by atoms with van der Waals surface area (Å²) in [6, 6.07) is 3.45. The zero-order valence-electron chi connectivity index (χ0n) is 21.4. The predicted octanol–water partition coefficient (Wildman–Crippen LogP) is 3.85. The van der Waals surface area contributed by atoms with Crippen molar-refractivity contribution in [1.82, 2.24) is 24.2 Å². The minimum atomic E-state index is -5.17. The number of aromatic nitrogens is 3. The van der Waals surface area contributed by atoms with Crippen molar-refractivity contribution in [3.63, 3.8) is 0 Å². The minimum Gasteiger partial charge on any atom is -0.303 e. The van der Waals surface area contributed by atoms with Crippen LogP contribution in [0.4, 0.5) is 26.3 Å². The van der Waals surface area contributed by atoms with E-state index in [4.69, 9.17) is 0 Å². The molecule has 0 spiro atoms. The van der Waals surface area contributed by atoms with Gasteiger partial charge in [0, 0.05) is 36.5 Å². The van der Waals surface area contributed by atoms with E-state index in [0.29, 0.717) is 6.20 Å². The van der Waals surface area contributed by atoms with Crippen molar-refractivity contribution < 1.29 is 53.6 Å². The third-order valence-corrected chi connectivity index (χ3v) is 8.82. The van der Waals surface area contributed by atoms with Gasteiger partial charge in [0.25, 0.3) is 0 Å². The highest BCUT2D eigenvalue weighted by molar-refractivity contribution is 7.89. The smallest absolute Gasteiger partial charge is 0.303 e. The molecule has 3 heterocycles. The van der Waals surface area contributed by atoms with Gasteiger partial charge in [0.15, 0.2) is 0 Å². The van der Waals surface area contributed by atoms with E-state index in [1.165, 1.54) is 6.92 Å². The molecule has 0 amide bonds. The second-order valence-corrected chi connectivity index (χ2v) is 12.3. The Bertz CT molecular complexity index is 1580. The molecule has 1 aliphatic rings. The summed E-state index contributed by atoms with van der Waals surface area (Å²) >= 11 is 0. The third kappa shape index (κ3) is 7.14. The molecule has 0 radical (unpaired) electrons. The molecule has 0 aliphatic carbocycles. The maximum Gasteiger partial charge on any atom is 0.470 e. The van der Waals surface area contributed by atoms with Gasteiger partial charge in [-0.15, -0.1) is 0 Å². The highest BCUT2D eigenvalue weighted by Crippen LogP contribution is 2.39. The Balaban J connectivity index is 1.72. The fourth-order valence-corrected chi connectivity index (χ4v) is 6.45. The number of hydrogen-bond donors (Lipinski definition) is 2. The van der Waals surface area contributed by atoms with Crippen LogP contribution in [0.15, 0.2) is 53.8 Å². The van der Waals surface area contributed by atoms with Gasteiger partial charge in [-0.3, -0.25) is 14.4 Å². The number of benzene rings is 1. The lowest BCUT2D eigenvalue weighted by molar-refractivity contribution is -0.145. The summed E-state index contributed by atoms with van der Waals surface area (Å²) < 4.78 is 126. The molecule has 42 heavy (non-hydrogen) atoms. The molecule has 11 nitrogen and oxygen atoms in total. The number of rotatable bonds is 9. The van der Waals surface area contributed by atoms with Crippen molar-refractivity contribution >= 4 is 17.8 Å². The molecule has 3 atom stereocenters. The van der Waals surface area contributed by atoms with Gasteiger partial charge in [-0.1, -0.05) is 0 Å². The number of nitrogens with zero attached hydrogens (tertiary/aromatic N) is 5. The molecule has 0 bridgehead atoms. The molecule has 1 fully saturated rings. The number of pyridine rings is 1. The number of halogens is 6. The van der Waals surface area contributed by atoms with Crippen LogP contribution < -0.4 is 0 Å². The zero-order chi connectivity index (χ0) is 31.0. The number of phosphoric acid groups is 1. The van der Waals surface area contributed by atoms with Crippen molar-refractivity contribution in [3.8, 4) is 11.3 Å². The molecule has 0 unspecified atom stereocenters. The first kappa shape index (κ1) is 31.9. The van der Waals surface area contributed by atoms with Crippen LogP contribution in [0.1, 0.15) is 24.7 Å². The maximum atomic E-state index is 15.0. The molecule has 1 aromatic carbocycles. The molecular formula is C23H22F6N5O6PS. The maximum absolute atomic E-state index is 15.0. The van der Waals surface area contributed by atoms with Crippen LogP contribution in [0.3, 0.4) is 0 Å². The second kappa shape index (κ2) is 11.9. The van der Waals surface area contributed by atoms with Crippen molar-refractivity contribution in [2.45, 2.75) is 49.3 Å². The van der Waals surface area contributed by atoms with Gasteiger partial charge in [-0.2, -0.15) is 17.5 Å². The van der Waals surface area contributed by atoms with Crippen LogP contribution in [-0.2, 0) is 31.8 Å². The highest BCUT2D eigenvalue weighted by Gasteiger charge is 2.49. The largest absolute Gasteiger partial charge is 0.470 e. The molecule has 2 aromatic heterocycles. The normalized spacial score (nSPS) is 20.4. The first-order valence-electron chi connectivity index (χ1n) is 11.9. The molecule has 228 valence electrons. The molecule has 2 N–H and O–H groups in total. The summed E-state index contributed by atoms with van der Waals surface area (Å²) in [6.07, 6.45) is -6.25. The molecular weight excluding hydrogens is 619 g/mol. The van der Waals surface area contributed by atoms with Gasteiger partial charge in [-0.05, 0) is 37.3 Å². The lowest BCUT2D eigenvalue weighted by Gasteiger charge is -2.35. The Morgan fingerprint density at radius 2 is 1.71 bits per heavy atom. The first-order valence-corrected chi connectivity index (χ1v) is 14.9. The molecule has 4 rings (SSSR count). The van der Waals surface area contributed by atoms with Gasteiger partial charge in [-0.25, -0.2) is 36.1 Å². The van der Waals surface area contributed by atoms with Crippen molar-refractivity contribution in [2.75, 3.05) is 6.73 Å². The average Bonchev–Trinajstić information content (AvgIpc) is 3.21. The molecule has 0 saturated carbocycles. The number of phosphoric ester groups is 1. The van der Waals surface area contributed by atoms with Crippen LogP contribution in [0, 0.1) is 11.6 Å². The second-order valence-electron chi connectivity index (χ2n) is 9.21.